The van der Waals surface area contributed by atoms with Gasteiger partial charge in [-0.15, -0.1) is 0 Å². The minimum Gasteiger partial charge on any atom is -0.377 e. The van der Waals surface area contributed by atoms with Crippen LogP contribution in [0.25, 0.3) is 0 Å². The Labute approximate surface area is 136 Å². The van der Waals surface area contributed by atoms with E-state index in [-0.39, 0.29) is 5.41 Å². The monoisotopic (exact) mass is 345 g/mol. The molecule has 0 aliphatic heterocycles. The first kappa shape index (κ1) is 16.1. The van der Waals surface area contributed by atoms with E-state index in [9.17, 15) is 0 Å². The Kier molecular flexibility index (Phi) is 5.10. The number of benzene rings is 2. The molecule has 2 aromatic carbocycles. The molecule has 0 aliphatic rings. The second kappa shape index (κ2) is 6.65. The van der Waals surface area contributed by atoms with Crippen molar-refractivity contribution < 1.29 is 0 Å². The van der Waals surface area contributed by atoms with Crippen molar-refractivity contribution in [3.63, 3.8) is 0 Å². The summed E-state index contributed by atoms with van der Waals surface area (Å²) in [6.45, 7) is 8.97. The maximum absolute atomic E-state index is 3.70. The quantitative estimate of drug-likeness (QED) is 0.680. The van der Waals surface area contributed by atoms with Crippen molar-refractivity contribution in [2.75, 3.05) is 5.32 Å². The van der Waals surface area contributed by atoms with Crippen LogP contribution in [0.3, 0.4) is 0 Å². The van der Waals surface area contributed by atoms with Crippen LogP contribution >= 0.6 is 15.9 Å². The van der Waals surface area contributed by atoms with Crippen molar-refractivity contribution in [3.8, 4) is 0 Å². The summed E-state index contributed by atoms with van der Waals surface area (Å²) < 4.78 is 1.12. The summed E-state index contributed by atoms with van der Waals surface area (Å²) >= 11 is 3.67. The van der Waals surface area contributed by atoms with Gasteiger partial charge in [-0.2, -0.15) is 0 Å². The van der Waals surface area contributed by atoms with Crippen molar-refractivity contribution in [1.82, 2.24) is 0 Å². The maximum Gasteiger partial charge on any atom is 0.0519 e. The summed E-state index contributed by atoms with van der Waals surface area (Å²) in [5.74, 6) is 0. The number of hydrogen-bond acceptors (Lipinski definition) is 1. The highest BCUT2D eigenvalue weighted by molar-refractivity contribution is 9.10. The van der Waals surface area contributed by atoms with Crippen molar-refractivity contribution in [2.24, 2.45) is 5.41 Å². The molecule has 1 unspecified atom stereocenters. The van der Waals surface area contributed by atoms with Gasteiger partial charge in [0.2, 0.25) is 0 Å². The van der Waals surface area contributed by atoms with Crippen LogP contribution in [0, 0.1) is 12.3 Å². The Bertz CT molecular complexity index is 584. The molecule has 2 rings (SSSR count). The molecule has 0 spiro atoms. The van der Waals surface area contributed by atoms with Crippen LogP contribution in [0.15, 0.2) is 53.0 Å². The average Bonchev–Trinajstić information content (AvgIpc) is 2.40. The fraction of sp³-hybridized carbons (Fsp3) is 0.368. The molecule has 112 valence electrons. The minimum absolute atomic E-state index is 0.269. The normalized spacial score (nSPS) is 13.0. The van der Waals surface area contributed by atoms with Crippen LogP contribution in [0.4, 0.5) is 5.69 Å². The average molecular weight is 346 g/mol. The highest BCUT2D eigenvalue weighted by Gasteiger charge is 2.20. The van der Waals surface area contributed by atoms with E-state index in [1.165, 1.54) is 11.1 Å². The lowest BCUT2D eigenvalue weighted by atomic mass is 9.85. The smallest absolute Gasteiger partial charge is 0.0519 e. The fourth-order valence-electron chi connectivity index (χ4n) is 2.47. The van der Waals surface area contributed by atoms with Crippen LogP contribution in [-0.2, 0) is 0 Å². The Morgan fingerprint density at radius 3 is 2.29 bits per heavy atom. The third-order valence-corrected chi connectivity index (χ3v) is 4.13. The van der Waals surface area contributed by atoms with Crippen LogP contribution in [0.2, 0.25) is 0 Å². The SMILES string of the molecule is Cc1ccc(NC(CC(C)(C)C)c2ccccc2)c(Br)c1. The van der Waals surface area contributed by atoms with Crippen molar-refractivity contribution >= 4 is 21.6 Å². The highest BCUT2D eigenvalue weighted by atomic mass is 79.9. The maximum atomic E-state index is 3.70. The molecule has 0 aliphatic carbocycles. The van der Waals surface area contributed by atoms with Gasteiger partial charge >= 0.3 is 0 Å². The standard InChI is InChI=1S/C19H24BrN/c1-14-10-11-17(16(20)12-14)21-18(13-19(2,3)4)15-8-6-5-7-9-15/h5-12,18,21H,13H2,1-4H3. The van der Waals surface area contributed by atoms with Crippen LogP contribution in [0.1, 0.15) is 44.4 Å². The van der Waals surface area contributed by atoms with E-state index in [4.69, 9.17) is 0 Å². The number of rotatable bonds is 4. The van der Waals surface area contributed by atoms with Crippen molar-refractivity contribution in [3.05, 3.63) is 64.1 Å². The third kappa shape index (κ3) is 4.89. The first-order valence-electron chi connectivity index (χ1n) is 7.43. The molecular weight excluding hydrogens is 322 g/mol. The molecule has 1 atom stereocenters. The van der Waals surface area contributed by atoms with E-state index in [0.29, 0.717) is 6.04 Å². The topological polar surface area (TPSA) is 12.0 Å². The molecule has 1 nitrogen and oxygen atoms in total. The minimum atomic E-state index is 0.269. The summed E-state index contributed by atoms with van der Waals surface area (Å²) in [5, 5.41) is 3.70. The van der Waals surface area contributed by atoms with Crippen LogP contribution < -0.4 is 5.32 Å². The van der Waals surface area contributed by atoms with Gasteiger partial charge in [-0.3, -0.25) is 0 Å². The highest BCUT2D eigenvalue weighted by Crippen LogP contribution is 2.34. The summed E-state index contributed by atoms with van der Waals surface area (Å²) in [6.07, 6.45) is 1.08. The largest absolute Gasteiger partial charge is 0.377 e. The number of halogens is 1. The second-order valence-corrected chi connectivity index (χ2v) is 7.71. The lowest BCUT2D eigenvalue weighted by Crippen LogP contribution is -2.18. The van der Waals surface area contributed by atoms with E-state index in [2.05, 4.69) is 97.5 Å². The van der Waals surface area contributed by atoms with Gasteiger partial charge in [0.1, 0.15) is 0 Å². The predicted molar refractivity (Wildman–Crippen MR) is 95.8 cm³/mol. The molecule has 0 aromatic heterocycles. The number of nitrogens with one attached hydrogen (secondary N) is 1. The van der Waals surface area contributed by atoms with Crippen LogP contribution in [0.5, 0.6) is 0 Å². The molecule has 0 bridgehead atoms. The zero-order valence-electron chi connectivity index (χ0n) is 13.3. The molecule has 0 radical (unpaired) electrons. The Hall–Kier alpha value is -1.28. The predicted octanol–water partition coefficient (Wildman–Crippen LogP) is 6.35. The third-order valence-electron chi connectivity index (χ3n) is 3.47. The summed E-state index contributed by atoms with van der Waals surface area (Å²) in [5.41, 5.74) is 4.02. The molecule has 0 saturated heterocycles. The zero-order valence-corrected chi connectivity index (χ0v) is 14.9. The van der Waals surface area contributed by atoms with Gasteiger partial charge in [-0.25, -0.2) is 0 Å². The van der Waals surface area contributed by atoms with E-state index in [1.807, 2.05) is 0 Å². The van der Waals surface area contributed by atoms with Crippen molar-refractivity contribution in [2.45, 2.75) is 40.2 Å². The van der Waals surface area contributed by atoms with Crippen LogP contribution in [-0.4, -0.2) is 0 Å². The van der Waals surface area contributed by atoms with E-state index in [0.717, 1.165) is 16.6 Å². The van der Waals surface area contributed by atoms with E-state index >= 15 is 0 Å². The van der Waals surface area contributed by atoms with Crippen molar-refractivity contribution in [1.29, 1.82) is 0 Å². The molecule has 0 saturated carbocycles. The van der Waals surface area contributed by atoms with Gasteiger partial charge in [0.05, 0.1) is 6.04 Å². The molecule has 2 aromatic rings. The fourth-order valence-corrected chi connectivity index (χ4v) is 3.08. The van der Waals surface area contributed by atoms with Gasteiger partial charge in [0.25, 0.3) is 0 Å². The molecule has 2 heteroatoms. The first-order valence-corrected chi connectivity index (χ1v) is 8.22. The Morgan fingerprint density at radius 1 is 1.05 bits per heavy atom. The summed E-state index contributed by atoms with van der Waals surface area (Å²) in [7, 11) is 0. The Balaban J connectivity index is 2.28. The van der Waals surface area contributed by atoms with Gasteiger partial charge in [0.15, 0.2) is 0 Å². The van der Waals surface area contributed by atoms with Gasteiger partial charge < -0.3 is 5.32 Å². The number of aryl methyl sites for hydroxylation is 1. The summed E-state index contributed by atoms with van der Waals surface area (Å²) in [6, 6.07) is 17.4. The second-order valence-electron chi connectivity index (χ2n) is 6.86. The van der Waals surface area contributed by atoms with Gasteiger partial charge in [0, 0.05) is 10.2 Å². The number of anilines is 1. The zero-order chi connectivity index (χ0) is 15.5. The van der Waals surface area contributed by atoms with Gasteiger partial charge in [-0.1, -0.05) is 57.2 Å². The summed E-state index contributed by atoms with van der Waals surface area (Å²) in [4.78, 5) is 0. The molecule has 0 heterocycles. The van der Waals surface area contributed by atoms with Gasteiger partial charge in [-0.05, 0) is 57.9 Å². The number of hydrogen-bond donors (Lipinski definition) is 1. The van der Waals surface area contributed by atoms with E-state index < -0.39 is 0 Å². The molecular formula is C19H24BrN. The molecule has 0 amide bonds. The lowest BCUT2D eigenvalue weighted by Gasteiger charge is -2.28. The molecule has 0 fully saturated rings. The molecule has 21 heavy (non-hydrogen) atoms. The first-order chi connectivity index (χ1) is 9.85. The Morgan fingerprint density at radius 2 is 1.71 bits per heavy atom. The van der Waals surface area contributed by atoms with E-state index in [1.54, 1.807) is 0 Å². The lowest BCUT2D eigenvalue weighted by molar-refractivity contribution is 0.352. The molecule has 1 N–H and O–H groups in total.